The number of amides is 1. The molecule has 4 heteroatoms. The molecule has 0 bridgehead atoms. The molecule has 0 spiro atoms. The fraction of sp³-hybridized carbons (Fsp3) is 0.621. The van der Waals surface area contributed by atoms with E-state index in [4.69, 9.17) is 0 Å². The van der Waals surface area contributed by atoms with Crippen molar-refractivity contribution in [3.8, 4) is 0 Å². The van der Waals surface area contributed by atoms with E-state index in [-0.39, 0.29) is 12.5 Å². The van der Waals surface area contributed by atoms with E-state index in [1.54, 1.807) is 6.08 Å². The molecule has 0 saturated heterocycles. The Morgan fingerprint density at radius 3 is 1.00 bits per heavy atom. The highest BCUT2D eigenvalue weighted by Gasteiger charge is 2.17. The highest BCUT2D eigenvalue weighted by Crippen LogP contribution is 2.14. The molecule has 0 aliphatic carbocycles. The summed E-state index contributed by atoms with van der Waals surface area (Å²) in [4.78, 5) is 12.5. The second-order valence-corrected chi connectivity index (χ2v) is 19.0. The fourth-order valence-corrected chi connectivity index (χ4v) is 7.91. The standard InChI is InChI=1S/C66H109NO3/c1-3-5-7-9-11-13-15-17-19-21-23-25-26-27-28-29-30-31-32-33-34-35-36-37-38-39-40-42-44-46-48-50-52-54-56-58-60-62-66(70)67-64(63-68)65(69)61-59-57-55-53-51-49-47-45-43-41-24-22-20-18-16-14-12-10-8-6-4-2/h5,7,11,13,17,19,23,25,27-28,30-31,33-34,36-37,39-40,43,45,51,53,59,61,64-65,68-69H,3-4,6,8-10,12,14-16,18,20-22,24,26,29,32,35,38,41-42,44,46-50,52,54-58,60,62-63H2,1-2H3,(H,67,70)/b7-5-,13-11-,19-17-,25-23-,28-27-,31-30-,34-33-,37-36-,40-39-,45-43+,53-51+,61-59+. The van der Waals surface area contributed by atoms with Crippen LogP contribution in [0.15, 0.2) is 146 Å². The summed E-state index contributed by atoms with van der Waals surface area (Å²) in [6, 6.07) is -0.660. The van der Waals surface area contributed by atoms with Crippen LogP contribution in [0.3, 0.4) is 0 Å². The summed E-state index contributed by atoms with van der Waals surface area (Å²) in [6.07, 6.45) is 94.3. The Morgan fingerprint density at radius 2 is 0.643 bits per heavy atom. The summed E-state index contributed by atoms with van der Waals surface area (Å²) in [5.74, 6) is -0.0899. The number of hydrogen-bond acceptors (Lipinski definition) is 3. The van der Waals surface area contributed by atoms with Gasteiger partial charge in [0.1, 0.15) is 0 Å². The van der Waals surface area contributed by atoms with Crippen molar-refractivity contribution in [2.45, 2.75) is 257 Å². The number of unbranched alkanes of at least 4 members (excludes halogenated alkanes) is 22. The van der Waals surface area contributed by atoms with Crippen molar-refractivity contribution in [1.82, 2.24) is 5.32 Å². The molecule has 2 atom stereocenters. The van der Waals surface area contributed by atoms with Crippen molar-refractivity contribution in [2.75, 3.05) is 6.61 Å². The molecule has 4 nitrogen and oxygen atoms in total. The molecule has 0 fully saturated rings. The van der Waals surface area contributed by atoms with Crippen LogP contribution in [0.4, 0.5) is 0 Å². The predicted octanol–water partition coefficient (Wildman–Crippen LogP) is 19.6. The minimum Gasteiger partial charge on any atom is -0.394 e. The molecule has 0 aromatic rings. The lowest BCUT2D eigenvalue weighted by molar-refractivity contribution is -0.123. The third kappa shape index (κ3) is 55.2. The highest BCUT2D eigenvalue weighted by atomic mass is 16.3. The maximum atomic E-state index is 12.5. The minimum atomic E-state index is -0.884. The van der Waals surface area contributed by atoms with Gasteiger partial charge in [-0.1, -0.05) is 269 Å². The van der Waals surface area contributed by atoms with E-state index < -0.39 is 12.1 Å². The number of allylic oxidation sites excluding steroid dienone is 23. The number of carbonyl (C=O) groups is 1. The fourth-order valence-electron chi connectivity index (χ4n) is 7.91. The second-order valence-electron chi connectivity index (χ2n) is 19.0. The van der Waals surface area contributed by atoms with Gasteiger partial charge >= 0.3 is 0 Å². The van der Waals surface area contributed by atoms with Crippen molar-refractivity contribution >= 4 is 5.91 Å². The van der Waals surface area contributed by atoms with Gasteiger partial charge < -0.3 is 15.5 Å². The van der Waals surface area contributed by atoms with Gasteiger partial charge in [-0.15, -0.1) is 0 Å². The van der Waals surface area contributed by atoms with Crippen molar-refractivity contribution in [3.63, 3.8) is 0 Å². The summed E-state index contributed by atoms with van der Waals surface area (Å²) >= 11 is 0. The van der Waals surface area contributed by atoms with Gasteiger partial charge in [-0.05, 0) is 116 Å². The summed E-state index contributed by atoms with van der Waals surface area (Å²) in [6.45, 7) is 4.17. The molecule has 70 heavy (non-hydrogen) atoms. The quantitative estimate of drug-likeness (QED) is 0.0420. The van der Waals surface area contributed by atoms with Gasteiger partial charge in [-0.2, -0.15) is 0 Å². The number of aliphatic hydroxyl groups excluding tert-OH is 2. The third-order valence-corrected chi connectivity index (χ3v) is 12.3. The molecule has 3 N–H and O–H groups in total. The molecule has 0 saturated carbocycles. The Labute approximate surface area is 433 Å². The average molecular weight is 965 g/mol. The van der Waals surface area contributed by atoms with Crippen molar-refractivity contribution in [2.24, 2.45) is 0 Å². The molecular formula is C66H109NO3. The molecule has 0 heterocycles. The first-order valence-electron chi connectivity index (χ1n) is 29.0. The Balaban J connectivity index is 3.66. The number of rotatable bonds is 51. The van der Waals surface area contributed by atoms with Crippen LogP contribution in [-0.4, -0.2) is 34.9 Å². The normalized spacial score (nSPS) is 13.9. The molecule has 0 aromatic heterocycles. The van der Waals surface area contributed by atoms with Crippen LogP contribution < -0.4 is 5.32 Å². The molecule has 1 amide bonds. The highest BCUT2D eigenvalue weighted by molar-refractivity contribution is 5.76. The molecule has 0 radical (unpaired) electrons. The van der Waals surface area contributed by atoms with E-state index in [9.17, 15) is 15.0 Å². The number of aliphatic hydroxyl groups is 2. The molecule has 0 aromatic carbocycles. The zero-order valence-electron chi connectivity index (χ0n) is 45.5. The Morgan fingerprint density at radius 1 is 0.357 bits per heavy atom. The second kappa shape index (κ2) is 59.6. The van der Waals surface area contributed by atoms with E-state index in [1.807, 2.05) is 6.08 Å². The SMILES string of the molecule is CC/C=C\C/C=C\C/C=C\C/C=C\C/C=C\C/C=C\C/C=C\C/C=C\C/C=C\CCCCCCCCCCCC(=O)NC(CO)C(O)/C=C/CC/C=C/CC/C=C/CCCCCCCCCCCCC. The first kappa shape index (κ1) is 66.3. The van der Waals surface area contributed by atoms with E-state index in [1.165, 1.54) is 122 Å². The average Bonchev–Trinajstić information content (AvgIpc) is 3.36. The molecule has 0 rings (SSSR count). The first-order chi connectivity index (χ1) is 34.7. The maximum absolute atomic E-state index is 12.5. The van der Waals surface area contributed by atoms with Crippen LogP contribution >= 0.6 is 0 Å². The number of hydrogen-bond donors (Lipinski definition) is 3. The van der Waals surface area contributed by atoms with Gasteiger partial charge in [-0.25, -0.2) is 0 Å². The van der Waals surface area contributed by atoms with Gasteiger partial charge in [0.25, 0.3) is 0 Å². The maximum Gasteiger partial charge on any atom is 0.220 e. The van der Waals surface area contributed by atoms with Gasteiger partial charge in [0.05, 0.1) is 18.8 Å². The number of carbonyl (C=O) groups excluding carboxylic acids is 1. The summed E-state index contributed by atoms with van der Waals surface area (Å²) in [7, 11) is 0. The lowest BCUT2D eigenvalue weighted by Crippen LogP contribution is -2.45. The van der Waals surface area contributed by atoms with Crippen molar-refractivity contribution in [1.29, 1.82) is 0 Å². The minimum absolute atomic E-state index is 0.0899. The zero-order valence-corrected chi connectivity index (χ0v) is 45.5. The summed E-state index contributed by atoms with van der Waals surface area (Å²) in [5.41, 5.74) is 0. The van der Waals surface area contributed by atoms with Crippen LogP contribution in [0, 0.1) is 0 Å². The molecule has 2 unspecified atom stereocenters. The van der Waals surface area contributed by atoms with E-state index >= 15 is 0 Å². The van der Waals surface area contributed by atoms with Crippen LogP contribution in [0.5, 0.6) is 0 Å². The topological polar surface area (TPSA) is 69.6 Å². The smallest absolute Gasteiger partial charge is 0.220 e. The van der Waals surface area contributed by atoms with E-state index in [2.05, 4.69) is 153 Å². The summed E-state index contributed by atoms with van der Waals surface area (Å²) in [5, 5.41) is 23.1. The van der Waals surface area contributed by atoms with Crippen LogP contribution in [0.2, 0.25) is 0 Å². The van der Waals surface area contributed by atoms with E-state index in [0.717, 1.165) is 103 Å². The van der Waals surface area contributed by atoms with Gasteiger partial charge in [0.2, 0.25) is 5.91 Å². The molecular weight excluding hydrogens is 855 g/mol. The monoisotopic (exact) mass is 964 g/mol. The van der Waals surface area contributed by atoms with Crippen LogP contribution in [0.25, 0.3) is 0 Å². The van der Waals surface area contributed by atoms with Gasteiger partial charge in [0.15, 0.2) is 0 Å². The largest absolute Gasteiger partial charge is 0.394 e. The Bertz CT molecular complexity index is 1470. The molecule has 0 aliphatic rings. The van der Waals surface area contributed by atoms with E-state index in [0.29, 0.717) is 6.42 Å². The van der Waals surface area contributed by atoms with Crippen LogP contribution in [-0.2, 0) is 4.79 Å². The van der Waals surface area contributed by atoms with Crippen molar-refractivity contribution in [3.05, 3.63) is 146 Å². The number of nitrogens with one attached hydrogen (secondary N) is 1. The van der Waals surface area contributed by atoms with Gasteiger partial charge in [0, 0.05) is 6.42 Å². The summed E-state index contributed by atoms with van der Waals surface area (Å²) < 4.78 is 0. The zero-order chi connectivity index (χ0) is 50.6. The Kier molecular flexibility index (Phi) is 56.4. The first-order valence-corrected chi connectivity index (χ1v) is 29.0. The predicted molar refractivity (Wildman–Crippen MR) is 312 cm³/mol. The molecule has 0 aliphatic heterocycles. The Hall–Kier alpha value is -3.73. The lowest BCUT2D eigenvalue weighted by atomic mass is 10.1. The van der Waals surface area contributed by atoms with Crippen LogP contribution in [0.1, 0.15) is 245 Å². The van der Waals surface area contributed by atoms with Crippen molar-refractivity contribution < 1.29 is 15.0 Å². The lowest BCUT2D eigenvalue weighted by Gasteiger charge is -2.19. The van der Waals surface area contributed by atoms with Gasteiger partial charge in [-0.3, -0.25) is 4.79 Å². The molecule has 396 valence electrons. The third-order valence-electron chi connectivity index (χ3n) is 12.3.